The summed E-state index contributed by atoms with van der Waals surface area (Å²) in [5, 5.41) is 7.53. The molecule has 37 heavy (non-hydrogen) atoms. The largest absolute Gasteiger partial charge is 0.367 e. The third-order valence-electron chi connectivity index (χ3n) is 6.70. The molecule has 1 aliphatic heterocycles. The zero-order valence-corrected chi connectivity index (χ0v) is 21.8. The van der Waals surface area contributed by atoms with Crippen molar-refractivity contribution in [3.63, 3.8) is 0 Å². The molecule has 2 aromatic heterocycles. The summed E-state index contributed by atoms with van der Waals surface area (Å²) in [6.07, 6.45) is 5.53. The first-order valence-electron chi connectivity index (χ1n) is 12.4. The van der Waals surface area contributed by atoms with Gasteiger partial charge in [0.1, 0.15) is 5.82 Å². The number of pyridine rings is 1. The number of hydrogen-bond acceptors (Lipinski definition) is 7. The standard InChI is InChI=1S/C28H30N6O2S/c1-33-27(36)23-17-21(10-11-24(23)32-28(33)37-2)31-26(35)22-9-6-14-29-25(22)30-20-12-15-34(16-13-20)18-19-7-4-3-5-8-19/h3-11,14,17,20H,12-13,15-16,18H2,1-2H3,(H,29,30)(H,31,35). The zero-order chi connectivity index (χ0) is 25.8. The van der Waals surface area contributed by atoms with Crippen LogP contribution in [0, 0.1) is 0 Å². The summed E-state index contributed by atoms with van der Waals surface area (Å²) in [5.74, 6) is 0.298. The molecule has 1 fully saturated rings. The predicted octanol–water partition coefficient (Wildman–Crippen LogP) is 4.38. The van der Waals surface area contributed by atoms with Crippen molar-refractivity contribution < 1.29 is 4.79 Å². The summed E-state index contributed by atoms with van der Waals surface area (Å²) in [5.41, 5.74) is 2.79. The van der Waals surface area contributed by atoms with Crippen LogP contribution in [0.4, 0.5) is 11.5 Å². The first-order valence-corrected chi connectivity index (χ1v) is 13.6. The molecule has 8 nitrogen and oxygen atoms in total. The molecule has 0 saturated carbocycles. The number of carbonyl (C=O) groups excluding carboxylic acids is 1. The molecule has 9 heteroatoms. The van der Waals surface area contributed by atoms with Crippen LogP contribution in [0.15, 0.2) is 76.8 Å². The van der Waals surface area contributed by atoms with Gasteiger partial charge in [-0.3, -0.25) is 19.1 Å². The Hall–Kier alpha value is -3.69. The van der Waals surface area contributed by atoms with Crippen molar-refractivity contribution in [2.24, 2.45) is 7.05 Å². The fourth-order valence-corrected chi connectivity index (χ4v) is 5.23. The topological polar surface area (TPSA) is 92.2 Å². The first-order chi connectivity index (χ1) is 18.0. The van der Waals surface area contributed by atoms with E-state index in [-0.39, 0.29) is 17.5 Å². The molecule has 2 N–H and O–H groups in total. The van der Waals surface area contributed by atoms with Crippen molar-refractivity contribution in [1.29, 1.82) is 0 Å². The van der Waals surface area contributed by atoms with E-state index in [4.69, 9.17) is 0 Å². The predicted molar refractivity (Wildman–Crippen MR) is 149 cm³/mol. The van der Waals surface area contributed by atoms with Gasteiger partial charge in [-0.1, -0.05) is 42.1 Å². The second-order valence-electron chi connectivity index (χ2n) is 9.23. The number of amides is 1. The molecule has 5 rings (SSSR count). The molecule has 0 atom stereocenters. The lowest BCUT2D eigenvalue weighted by molar-refractivity contribution is 0.102. The van der Waals surface area contributed by atoms with Crippen LogP contribution in [0.2, 0.25) is 0 Å². The Kier molecular flexibility index (Phi) is 7.52. The van der Waals surface area contributed by atoms with E-state index in [0.29, 0.717) is 33.1 Å². The van der Waals surface area contributed by atoms with Gasteiger partial charge in [-0.2, -0.15) is 0 Å². The maximum Gasteiger partial charge on any atom is 0.261 e. The van der Waals surface area contributed by atoms with Crippen LogP contribution in [0.3, 0.4) is 0 Å². The van der Waals surface area contributed by atoms with Gasteiger partial charge in [0.15, 0.2) is 5.16 Å². The second-order valence-corrected chi connectivity index (χ2v) is 10.0. The second kappa shape index (κ2) is 11.1. The number of thioether (sulfide) groups is 1. The van der Waals surface area contributed by atoms with Gasteiger partial charge in [0.25, 0.3) is 11.5 Å². The van der Waals surface area contributed by atoms with Gasteiger partial charge < -0.3 is 10.6 Å². The lowest BCUT2D eigenvalue weighted by Gasteiger charge is -2.32. The maximum absolute atomic E-state index is 13.2. The molecule has 0 radical (unpaired) electrons. The number of likely N-dealkylation sites (tertiary alicyclic amines) is 1. The number of hydrogen-bond donors (Lipinski definition) is 2. The van der Waals surface area contributed by atoms with E-state index in [1.165, 1.54) is 21.9 Å². The van der Waals surface area contributed by atoms with Crippen LogP contribution in [-0.2, 0) is 13.6 Å². The number of piperidine rings is 1. The van der Waals surface area contributed by atoms with Crippen molar-refractivity contribution in [1.82, 2.24) is 19.4 Å². The molecule has 3 heterocycles. The summed E-state index contributed by atoms with van der Waals surface area (Å²) < 4.78 is 1.52. The molecular weight excluding hydrogens is 484 g/mol. The van der Waals surface area contributed by atoms with Crippen molar-refractivity contribution >= 4 is 40.1 Å². The number of nitrogens with one attached hydrogen (secondary N) is 2. The third kappa shape index (κ3) is 5.68. The molecular formula is C28H30N6O2S. The molecule has 1 aliphatic rings. The van der Waals surface area contributed by atoms with Crippen molar-refractivity contribution in [2.45, 2.75) is 30.6 Å². The Morgan fingerprint density at radius 2 is 1.86 bits per heavy atom. The van der Waals surface area contributed by atoms with E-state index in [1.807, 2.05) is 12.3 Å². The highest BCUT2D eigenvalue weighted by Crippen LogP contribution is 2.22. The molecule has 0 spiro atoms. The van der Waals surface area contributed by atoms with Crippen LogP contribution in [0.5, 0.6) is 0 Å². The number of fused-ring (bicyclic) bond motifs is 1. The van der Waals surface area contributed by atoms with Gasteiger partial charge in [-0.25, -0.2) is 9.97 Å². The fourth-order valence-electron chi connectivity index (χ4n) is 4.68. The monoisotopic (exact) mass is 514 g/mol. The van der Waals surface area contributed by atoms with Crippen LogP contribution < -0.4 is 16.2 Å². The van der Waals surface area contributed by atoms with Crippen LogP contribution in [0.25, 0.3) is 10.9 Å². The Bertz CT molecular complexity index is 1470. The van der Waals surface area contributed by atoms with Crippen molar-refractivity contribution in [3.05, 3.63) is 88.3 Å². The number of carbonyl (C=O) groups is 1. The zero-order valence-electron chi connectivity index (χ0n) is 21.0. The lowest BCUT2D eigenvalue weighted by Crippen LogP contribution is -2.39. The van der Waals surface area contributed by atoms with Crippen molar-refractivity contribution in [2.75, 3.05) is 30.0 Å². The SMILES string of the molecule is CSc1nc2ccc(NC(=O)c3cccnc3NC3CCN(Cc4ccccc4)CC3)cc2c(=O)n1C. The van der Waals surface area contributed by atoms with Gasteiger partial charge in [0.05, 0.1) is 16.5 Å². The summed E-state index contributed by atoms with van der Waals surface area (Å²) >= 11 is 1.42. The first kappa shape index (κ1) is 25.0. The highest BCUT2D eigenvalue weighted by Gasteiger charge is 2.22. The highest BCUT2D eigenvalue weighted by atomic mass is 32.2. The summed E-state index contributed by atoms with van der Waals surface area (Å²) in [7, 11) is 1.70. The van der Waals surface area contributed by atoms with Gasteiger partial charge in [-0.05, 0) is 55.0 Å². The summed E-state index contributed by atoms with van der Waals surface area (Å²) in [6, 6.07) is 19.5. The number of aromatic nitrogens is 3. The Morgan fingerprint density at radius 3 is 2.62 bits per heavy atom. The molecule has 2 aromatic carbocycles. The molecule has 4 aromatic rings. The van der Waals surface area contributed by atoms with Crippen LogP contribution in [0.1, 0.15) is 28.8 Å². The highest BCUT2D eigenvalue weighted by molar-refractivity contribution is 7.98. The average Bonchev–Trinajstić information content (AvgIpc) is 2.93. The van der Waals surface area contributed by atoms with Crippen LogP contribution >= 0.6 is 11.8 Å². The smallest absolute Gasteiger partial charge is 0.261 e. The van der Waals surface area contributed by atoms with E-state index < -0.39 is 0 Å². The minimum Gasteiger partial charge on any atom is -0.367 e. The van der Waals surface area contributed by atoms with E-state index in [9.17, 15) is 9.59 Å². The number of nitrogens with zero attached hydrogens (tertiary/aromatic N) is 4. The number of anilines is 2. The third-order valence-corrected chi connectivity index (χ3v) is 7.44. The van der Waals surface area contributed by atoms with Crippen LogP contribution in [-0.4, -0.2) is 50.7 Å². The van der Waals surface area contributed by atoms with E-state index >= 15 is 0 Å². The molecule has 190 valence electrons. The Balaban J connectivity index is 1.26. The normalized spacial score (nSPS) is 14.5. The lowest BCUT2D eigenvalue weighted by atomic mass is 10.0. The summed E-state index contributed by atoms with van der Waals surface area (Å²) in [4.78, 5) is 37.5. The molecule has 1 saturated heterocycles. The van der Waals surface area contributed by atoms with E-state index in [0.717, 1.165) is 32.5 Å². The molecule has 1 amide bonds. The number of benzene rings is 2. The van der Waals surface area contributed by atoms with Crippen molar-refractivity contribution in [3.8, 4) is 0 Å². The number of rotatable bonds is 7. The molecule has 0 aliphatic carbocycles. The average molecular weight is 515 g/mol. The Labute approximate surface area is 220 Å². The van der Waals surface area contributed by atoms with Gasteiger partial charge in [0.2, 0.25) is 0 Å². The molecule has 0 bridgehead atoms. The van der Waals surface area contributed by atoms with E-state index in [1.54, 1.807) is 43.6 Å². The Morgan fingerprint density at radius 1 is 1.08 bits per heavy atom. The minimum atomic E-state index is -0.276. The maximum atomic E-state index is 13.2. The summed E-state index contributed by atoms with van der Waals surface area (Å²) in [6.45, 7) is 2.92. The van der Waals surface area contributed by atoms with Gasteiger partial charge in [0, 0.05) is 44.6 Å². The quantitative estimate of drug-likeness (QED) is 0.279. The molecule has 0 unspecified atom stereocenters. The minimum absolute atomic E-state index is 0.146. The van der Waals surface area contributed by atoms with Gasteiger partial charge in [-0.15, -0.1) is 0 Å². The van der Waals surface area contributed by atoms with E-state index in [2.05, 4.69) is 49.8 Å². The van der Waals surface area contributed by atoms with Gasteiger partial charge >= 0.3 is 0 Å². The fraction of sp³-hybridized carbons (Fsp3) is 0.286.